The molecule has 0 aliphatic carbocycles. The van der Waals surface area contributed by atoms with Crippen LogP contribution in [-0.2, 0) is 22.0 Å². The Morgan fingerprint density at radius 1 is 1.10 bits per heavy atom. The van der Waals surface area contributed by atoms with Crippen molar-refractivity contribution in [2.24, 2.45) is 5.92 Å². The fourth-order valence-corrected chi connectivity index (χ4v) is 5.00. The highest BCUT2D eigenvalue weighted by Gasteiger charge is 2.23. The summed E-state index contributed by atoms with van der Waals surface area (Å²) in [5.74, 6) is 0.341. The zero-order valence-electron chi connectivity index (χ0n) is 24.8. The molecule has 0 aliphatic heterocycles. The lowest BCUT2D eigenvalue weighted by atomic mass is 9.86. The summed E-state index contributed by atoms with van der Waals surface area (Å²) < 4.78 is 36.0. The molecule has 0 atom stereocenters. The maximum absolute atomic E-state index is 13.5. The van der Waals surface area contributed by atoms with E-state index in [1.54, 1.807) is 36.8 Å². The molecule has 0 radical (unpaired) electrons. The molecule has 4 aromatic rings. The summed E-state index contributed by atoms with van der Waals surface area (Å²) in [6, 6.07) is 8.96. The number of carbonyl (C=O) groups is 1. The third-order valence-electron chi connectivity index (χ3n) is 6.52. The van der Waals surface area contributed by atoms with Crippen molar-refractivity contribution in [2.45, 2.75) is 53.5 Å². The Morgan fingerprint density at radius 3 is 2.44 bits per heavy atom. The van der Waals surface area contributed by atoms with Gasteiger partial charge in [0.15, 0.2) is 5.75 Å². The Kier molecular flexibility index (Phi) is 8.30. The molecule has 2 aromatic carbocycles. The van der Waals surface area contributed by atoms with Crippen molar-refractivity contribution in [3.05, 3.63) is 71.9 Å². The van der Waals surface area contributed by atoms with Crippen LogP contribution in [0.15, 0.2) is 55.2 Å². The van der Waals surface area contributed by atoms with Crippen LogP contribution in [-0.4, -0.2) is 47.0 Å². The molecule has 0 unspecified atom stereocenters. The molecular weight excluding hydrogens is 540 g/mol. The fraction of sp³-hybridized carbons (Fsp3) is 0.367. The number of hydrogen-bond donors (Lipinski definition) is 2. The predicted molar refractivity (Wildman–Crippen MR) is 162 cm³/mol. The molecule has 0 fully saturated rings. The summed E-state index contributed by atoms with van der Waals surface area (Å²) in [7, 11) is -2.16. The number of hydrogen-bond acceptors (Lipinski definition) is 6. The van der Waals surface area contributed by atoms with Gasteiger partial charge in [-0.3, -0.25) is 14.2 Å². The quantitative estimate of drug-likeness (QED) is 0.266. The number of sulfonamides is 1. The molecule has 2 heterocycles. The van der Waals surface area contributed by atoms with Crippen molar-refractivity contribution in [1.29, 1.82) is 0 Å². The highest BCUT2D eigenvalue weighted by molar-refractivity contribution is 7.92. The van der Waals surface area contributed by atoms with E-state index in [9.17, 15) is 13.2 Å². The highest BCUT2D eigenvalue weighted by Crippen LogP contribution is 2.39. The summed E-state index contributed by atoms with van der Waals surface area (Å²) in [5.41, 5.74) is 5.02. The summed E-state index contributed by atoms with van der Waals surface area (Å²) >= 11 is 0. The number of benzene rings is 2. The second kappa shape index (κ2) is 11.4. The molecule has 4 rings (SSSR count). The smallest absolute Gasteiger partial charge is 0.255 e. The predicted octanol–water partition coefficient (Wildman–Crippen LogP) is 5.63. The van der Waals surface area contributed by atoms with Crippen molar-refractivity contribution in [3.8, 4) is 22.7 Å². The van der Waals surface area contributed by atoms with E-state index in [0.717, 1.165) is 40.9 Å². The Balaban J connectivity index is 1.66. The van der Waals surface area contributed by atoms with Crippen LogP contribution >= 0.6 is 0 Å². The molecule has 0 saturated carbocycles. The van der Waals surface area contributed by atoms with Gasteiger partial charge in [0.2, 0.25) is 10.0 Å². The van der Waals surface area contributed by atoms with Crippen LogP contribution in [0.2, 0.25) is 0 Å². The Bertz CT molecular complexity index is 1680. The van der Waals surface area contributed by atoms with E-state index >= 15 is 0 Å². The van der Waals surface area contributed by atoms with Crippen molar-refractivity contribution >= 4 is 27.3 Å². The lowest BCUT2D eigenvalue weighted by molar-refractivity contribution is 0.102. The van der Waals surface area contributed by atoms with Gasteiger partial charge in [-0.2, -0.15) is 5.10 Å². The minimum atomic E-state index is -3.59. The number of aryl methyl sites for hydroxylation is 1. The van der Waals surface area contributed by atoms with Gasteiger partial charge in [0, 0.05) is 30.1 Å². The average Bonchev–Trinajstić information content (AvgIpc) is 3.52. The second-order valence-corrected chi connectivity index (χ2v) is 13.4. The summed E-state index contributed by atoms with van der Waals surface area (Å²) in [6.07, 6.45) is 8.49. The van der Waals surface area contributed by atoms with E-state index in [2.05, 4.69) is 34.0 Å². The number of rotatable bonds is 9. The van der Waals surface area contributed by atoms with E-state index in [-0.39, 0.29) is 22.8 Å². The molecule has 0 aliphatic rings. The lowest BCUT2D eigenvalue weighted by Crippen LogP contribution is -2.18. The molecule has 1 amide bonds. The number of methoxy groups -OCH3 is 1. The molecular formula is C30H38N6O4S. The average molecular weight is 579 g/mol. The van der Waals surface area contributed by atoms with Gasteiger partial charge in [-0.15, -0.1) is 0 Å². The van der Waals surface area contributed by atoms with Crippen molar-refractivity contribution in [3.63, 3.8) is 0 Å². The summed E-state index contributed by atoms with van der Waals surface area (Å²) in [5, 5.41) is 7.37. The summed E-state index contributed by atoms with van der Waals surface area (Å²) in [6.45, 7) is 13.1. The molecule has 10 nitrogen and oxygen atoms in total. The monoisotopic (exact) mass is 578 g/mol. The van der Waals surface area contributed by atoms with Gasteiger partial charge in [0.25, 0.3) is 5.91 Å². The first-order valence-corrected chi connectivity index (χ1v) is 15.2. The van der Waals surface area contributed by atoms with Crippen LogP contribution in [0, 0.1) is 12.8 Å². The number of carbonyl (C=O) groups excluding carboxylic acids is 1. The highest BCUT2D eigenvalue weighted by atomic mass is 32.2. The van der Waals surface area contributed by atoms with Gasteiger partial charge in [0.1, 0.15) is 0 Å². The lowest BCUT2D eigenvalue weighted by Gasteiger charge is -2.24. The number of imidazole rings is 1. The molecule has 0 spiro atoms. The van der Waals surface area contributed by atoms with E-state index in [4.69, 9.17) is 4.74 Å². The Hall–Kier alpha value is -4.12. The van der Waals surface area contributed by atoms with Crippen molar-refractivity contribution in [1.82, 2.24) is 19.3 Å². The number of ether oxygens (including phenoxy) is 1. The van der Waals surface area contributed by atoms with Crippen molar-refractivity contribution in [2.75, 3.05) is 23.4 Å². The van der Waals surface area contributed by atoms with E-state index in [0.29, 0.717) is 17.2 Å². The van der Waals surface area contributed by atoms with Crippen LogP contribution in [0.5, 0.6) is 5.75 Å². The van der Waals surface area contributed by atoms with Gasteiger partial charge < -0.3 is 14.6 Å². The minimum Gasteiger partial charge on any atom is -0.492 e. The third-order valence-corrected chi connectivity index (χ3v) is 7.11. The van der Waals surface area contributed by atoms with Crippen LogP contribution < -0.4 is 14.8 Å². The third kappa shape index (κ3) is 7.15. The first-order valence-electron chi connectivity index (χ1n) is 13.3. The topological polar surface area (TPSA) is 120 Å². The van der Waals surface area contributed by atoms with Crippen LogP contribution in [0.25, 0.3) is 16.9 Å². The number of nitrogens with zero attached hydrogens (tertiary/aromatic N) is 4. The van der Waals surface area contributed by atoms with Crippen molar-refractivity contribution < 1.29 is 17.9 Å². The van der Waals surface area contributed by atoms with Gasteiger partial charge in [-0.05, 0) is 53.6 Å². The minimum absolute atomic E-state index is 0.223. The number of anilines is 2. The zero-order chi connectivity index (χ0) is 30.1. The molecule has 0 bridgehead atoms. The number of amides is 1. The summed E-state index contributed by atoms with van der Waals surface area (Å²) in [4.78, 5) is 18.1. The molecule has 41 heavy (non-hydrogen) atoms. The fourth-order valence-electron chi connectivity index (χ4n) is 4.45. The number of nitrogens with one attached hydrogen (secondary N) is 2. The maximum Gasteiger partial charge on any atom is 0.255 e. The Labute approximate surface area is 241 Å². The SMILES string of the molecule is COc1c(NC(=O)c2ccc(C)c(-n3cnc(-c4cnn(CC(C)C)c4)c3)c2)cc(C(C)(C)C)cc1NS(C)(=O)=O. The second-order valence-electron chi connectivity index (χ2n) is 11.7. The van der Waals surface area contributed by atoms with Crippen LogP contribution in [0.3, 0.4) is 0 Å². The molecule has 2 N–H and O–H groups in total. The molecule has 218 valence electrons. The van der Waals surface area contributed by atoms with E-state index in [1.807, 2.05) is 55.4 Å². The normalized spacial score (nSPS) is 12.0. The van der Waals surface area contributed by atoms with Crippen LogP contribution in [0.1, 0.15) is 56.1 Å². The van der Waals surface area contributed by atoms with Gasteiger partial charge in [-0.25, -0.2) is 13.4 Å². The van der Waals surface area contributed by atoms with E-state index in [1.165, 1.54) is 7.11 Å². The van der Waals surface area contributed by atoms with Crippen LogP contribution in [0.4, 0.5) is 11.4 Å². The zero-order valence-corrected chi connectivity index (χ0v) is 25.6. The van der Waals surface area contributed by atoms with Gasteiger partial charge in [-0.1, -0.05) is 40.7 Å². The molecule has 0 saturated heterocycles. The first kappa shape index (κ1) is 29.9. The largest absolute Gasteiger partial charge is 0.492 e. The van der Waals surface area contributed by atoms with Gasteiger partial charge in [0.05, 0.1) is 48.6 Å². The van der Waals surface area contributed by atoms with Gasteiger partial charge >= 0.3 is 0 Å². The standard InChI is InChI=1S/C30H38N6O4S/c1-19(2)15-36-16-22(14-32-36)26-17-35(18-31-26)27-11-21(10-9-20(27)3)29(37)33-24-12-23(30(4,5)6)13-25(28(24)40-7)34-41(8,38)39/h9-14,16-19,34H,15H2,1-8H3,(H,33,37). The van der Waals surface area contributed by atoms with E-state index < -0.39 is 10.0 Å². The first-order chi connectivity index (χ1) is 19.1. The Morgan fingerprint density at radius 2 is 1.80 bits per heavy atom. The molecule has 2 aromatic heterocycles. The number of aromatic nitrogens is 4. The maximum atomic E-state index is 13.5. The molecule has 11 heteroatoms.